The normalized spacial score (nSPS) is 12.2. The molecule has 2 aromatic carbocycles. The first-order valence-corrected chi connectivity index (χ1v) is 7.77. The molecule has 0 aliphatic heterocycles. The van der Waals surface area contributed by atoms with E-state index in [0.29, 0.717) is 16.7 Å². The Morgan fingerprint density at radius 1 is 1.10 bits per heavy atom. The Kier molecular flexibility index (Phi) is 5.92. The van der Waals surface area contributed by atoms with E-state index < -0.39 is 0 Å². The molecule has 0 saturated carbocycles. The van der Waals surface area contributed by atoms with Crippen molar-refractivity contribution in [2.75, 3.05) is 13.7 Å². The molecule has 0 radical (unpaired) electrons. The Morgan fingerprint density at radius 2 is 1.86 bits per heavy atom. The molecule has 0 aliphatic carbocycles. The van der Waals surface area contributed by atoms with Gasteiger partial charge in [0.1, 0.15) is 5.75 Å². The van der Waals surface area contributed by atoms with E-state index in [4.69, 9.17) is 27.9 Å². The summed E-state index contributed by atoms with van der Waals surface area (Å²) in [5.74, 6) is 0.879. The lowest BCUT2D eigenvalue weighted by Gasteiger charge is -2.21. The monoisotopic (exact) mass is 323 g/mol. The molecule has 1 atom stereocenters. The second-order valence-corrected chi connectivity index (χ2v) is 5.62. The van der Waals surface area contributed by atoms with Crippen LogP contribution in [0.1, 0.15) is 30.5 Å². The number of benzene rings is 2. The van der Waals surface area contributed by atoms with Gasteiger partial charge in [-0.3, -0.25) is 0 Å². The second kappa shape index (κ2) is 7.69. The Bertz CT molecular complexity index is 601. The smallest absolute Gasteiger partial charge is 0.124 e. The summed E-state index contributed by atoms with van der Waals surface area (Å²) in [5, 5.41) is 4.58. The highest BCUT2D eigenvalue weighted by molar-refractivity contribution is 6.35. The molecule has 1 unspecified atom stereocenters. The fourth-order valence-corrected chi connectivity index (χ4v) is 2.79. The van der Waals surface area contributed by atoms with Crippen molar-refractivity contribution in [3.8, 4) is 5.75 Å². The zero-order valence-corrected chi connectivity index (χ0v) is 13.7. The van der Waals surface area contributed by atoms with E-state index in [1.807, 2.05) is 37.4 Å². The van der Waals surface area contributed by atoms with Crippen LogP contribution in [0, 0.1) is 0 Å². The molecule has 0 heterocycles. The average Bonchev–Trinajstić information content (AvgIpc) is 2.49. The third-order valence-electron chi connectivity index (χ3n) is 3.25. The van der Waals surface area contributed by atoms with Gasteiger partial charge >= 0.3 is 0 Å². The Balaban J connectivity index is 2.41. The molecular formula is C17H19Cl2NO. The minimum Gasteiger partial charge on any atom is -0.493 e. The minimum atomic E-state index is -0.0391. The number of halogens is 2. The third kappa shape index (κ3) is 3.91. The van der Waals surface area contributed by atoms with E-state index in [0.717, 1.165) is 23.3 Å². The van der Waals surface area contributed by atoms with Crippen molar-refractivity contribution in [2.24, 2.45) is 0 Å². The van der Waals surface area contributed by atoms with Gasteiger partial charge in [0.2, 0.25) is 0 Å². The number of para-hydroxylation sites is 1. The van der Waals surface area contributed by atoms with Crippen LogP contribution >= 0.6 is 23.2 Å². The van der Waals surface area contributed by atoms with Crippen LogP contribution in [0.2, 0.25) is 10.0 Å². The second-order valence-electron chi connectivity index (χ2n) is 4.77. The molecule has 0 saturated heterocycles. The minimum absolute atomic E-state index is 0.0391. The van der Waals surface area contributed by atoms with Crippen LogP contribution in [0.3, 0.4) is 0 Å². The van der Waals surface area contributed by atoms with E-state index in [2.05, 4.69) is 18.3 Å². The number of nitrogens with one attached hydrogen (secondary N) is 1. The van der Waals surface area contributed by atoms with E-state index >= 15 is 0 Å². The van der Waals surface area contributed by atoms with Crippen molar-refractivity contribution in [3.63, 3.8) is 0 Å². The number of hydrogen-bond acceptors (Lipinski definition) is 2. The number of hydrogen-bond donors (Lipinski definition) is 1. The van der Waals surface area contributed by atoms with Gasteiger partial charge in [-0.1, -0.05) is 54.4 Å². The molecule has 0 bridgehead atoms. The van der Waals surface area contributed by atoms with Gasteiger partial charge in [0.15, 0.2) is 0 Å². The standard InChI is InChI=1S/C17H19Cl2NO/c1-3-10-21-16-7-5-4-6-14(16)17(20-2)13-9-8-12(18)11-15(13)19/h4-9,11,17,20H,3,10H2,1-2H3. The maximum Gasteiger partial charge on any atom is 0.124 e. The zero-order chi connectivity index (χ0) is 15.2. The van der Waals surface area contributed by atoms with Crippen LogP contribution in [0.4, 0.5) is 0 Å². The topological polar surface area (TPSA) is 21.3 Å². The first-order chi connectivity index (χ1) is 10.2. The van der Waals surface area contributed by atoms with Crippen LogP contribution in [0.25, 0.3) is 0 Å². The Labute approximate surface area is 136 Å². The molecule has 0 spiro atoms. The zero-order valence-electron chi connectivity index (χ0n) is 12.2. The highest BCUT2D eigenvalue weighted by atomic mass is 35.5. The molecule has 2 rings (SSSR count). The summed E-state index contributed by atoms with van der Waals surface area (Å²) in [6.07, 6.45) is 0.972. The molecule has 112 valence electrons. The molecule has 21 heavy (non-hydrogen) atoms. The Morgan fingerprint density at radius 3 is 2.52 bits per heavy atom. The highest BCUT2D eigenvalue weighted by Gasteiger charge is 2.19. The van der Waals surface area contributed by atoms with Crippen molar-refractivity contribution < 1.29 is 4.74 Å². The maximum atomic E-state index is 6.34. The molecule has 0 fully saturated rings. The molecule has 0 aromatic heterocycles. The highest BCUT2D eigenvalue weighted by Crippen LogP contribution is 2.34. The molecule has 0 amide bonds. The first-order valence-electron chi connectivity index (χ1n) is 7.01. The van der Waals surface area contributed by atoms with Crippen molar-refractivity contribution in [3.05, 3.63) is 63.6 Å². The molecule has 0 aliphatic rings. The lowest BCUT2D eigenvalue weighted by molar-refractivity contribution is 0.312. The van der Waals surface area contributed by atoms with E-state index in [1.165, 1.54) is 0 Å². The van der Waals surface area contributed by atoms with Gasteiger partial charge in [-0.15, -0.1) is 0 Å². The van der Waals surface area contributed by atoms with Gasteiger partial charge in [0.05, 0.1) is 12.6 Å². The van der Waals surface area contributed by atoms with Crippen molar-refractivity contribution in [2.45, 2.75) is 19.4 Å². The predicted octanol–water partition coefficient (Wildman–Crippen LogP) is 5.09. The van der Waals surface area contributed by atoms with Crippen molar-refractivity contribution in [1.29, 1.82) is 0 Å². The van der Waals surface area contributed by atoms with E-state index in [9.17, 15) is 0 Å². The third-order valence-corrected chi connectivity index (χ3v) is 3.82. The van der Waals surface area contributed by atoms with Crippen LogP contribution < -0.4 is 10.1 Å². The number of rotatable bonds is 6. The van der Waals surface area contributed by atoms with Gasteiger partial charge in [0.25, 0.3) is 0 Å². The molecule has 2 nitrogen and oxygen atoms in total. The summed E-state index contributed by atoms with van der Waals surface area (Å²) in [5.41, 5.74) is 2.05. The summed E-state index contributed by atoms with van der Waals surface area (Å²) < 4.78 is 5.85. The molecule has 2 aromatic rings. The van der Waals surface area contributed by atoms with E-state index in [-0.39, 0.29) is 6.04 Å². The summed E-state index contributed by atoms with van der Waals surface area (Å²) >= 11 is 12.3. The summed E-state index contributed by atoms with van der Waals surface area (Å²) in [6.45, 7) is 2.79. The van der Waals surface area contributed by atoms with Gasteiger partial charge in [-0.25, -0.2) is 0 Å². The summed E-state index contributed by atoms with van der Waals surface area (Å²) in [4.78, 5) is 0. The van der Waals surface area contributed by atoms with E-state index in [1.54, 1.807) is 6.07 Å². The lowest BCUT2D eigenvalue weighted by Crippen LogP contribution is -2.19. The van der Waals surface area contributed by atoms with Crippen LogP contribution in [0.15, 0.2) is 42.5 Å². The van der Waals surface area contributed by atoms with Gasteiger partial charge in [0, 0.05) is 15.6 Å². The SMILES string of the molecule is CCCOc1ccccc1C(NC)c1ccc(Cl)cc1Cl. The van der Waals surface area contributed by atoms with Gasteiger partial charge in [-0.05, 0) is 37.2 Å². The van der Waals surface area contributed by atoms with Crippen LogP contribution in [-0.4, -0.2) is 13.7 Å². The predicted molar refractivity (Wildman–Crippen MR) is 89.6 cm³/mol. The number of ether oxygens (including phenoxy) is 1. The fourth-order valence-electron chi connectivity index (χ4n) is 2.28. The lowest BCUT2D eigenvalue weighted by atomic mass is 9.98. The van der Waals surface area contributed by atoms with Crippen molar-refractivity contribution >= 4 is 23.2 Å². The van der Waals surface area contributed by atoms with Crippen LogP contribution in [0.5, 0.6) is 5.75 Å². The summed E-state index contributed by atoms with van der Waals surface area (Å²) in [6, 6.07) is 13.5. The summed E-state index contributed by atoms with van der Waals surface area (Å²) in [7, 11) is 1.91. The van der Waals surface area contributed by atoms with Crippen molar-refractivity contribution in [1.82, 2.24) is 5.32 Å². The maximum absolute atomic E-state index is 6.34. The fraction of sp³-hybridized carbons (Fsp3) is 0.294. The molecule has 4 heteroatoms. The molecule has 1 N–H and O–H groups in total. The Hall–Kier alpha value is -1.22. The quantitative estimate of drug-likeness (QED) is 0.799. The van der Waals surface area contributed by atoms with Crippen LogP contribution in [-0.2, 0) is 0 Å². The van der Waals surface area contributed by atoms with Gasteiger partial charge < -0.3 is 10.1 Å². The van der Waals surface area contributed by atoms with Gasteiger partial charge in [-0.2, -0.15) is 0 Å². The average molecular weight is 324 g/mol. The molecular weight excluding hydrogens is 305 g/mol. The largest absolute Gasteiger partial charge is 0.493 e. The first kappa shape index (κ1) is 16.2.